The third kappa shape index (κ3) is 1.76. The first kappa shape index (κ1) is 9.19. The third-order valence-electron chi connectivity index (χ3n) is 2.68. The molecule has 14 heavy (non-hydrogen) atoms. The van der Waals surface area contributed by atoms with Gasteiger partial charge in [-0.05, 0) is 31.9 Å². The molecule has 0 aliphatic heterocycles. The zero-order valence-electron chi connectivity index (χ0n) is 8.53. The molecule has 1 saturated carbocycles. The van der Waals surface area contributed by atoms with Crippen molar-refractivity contribution < 1.29 is 4.79 Å². The summed E-state index contributed by atoms with van der Waals surface area (Å²) in [5.74, 6) is 0.566. The van der Waals surface area contributed by atoms with Gasteiger partial charge >= 0.3 is 0 Å². The number of rotatable bonds is 3. The van der Waals surface area contributed by atoms with Crippen LogP contribution >= 0.6 is 0 Å². The van der Waals surface area contributed by atoms with Crippen molar-refractivity contribution >= 4 is 11.9 Å². The Kier molecular flexibility index (Phi) is 2.23. The lowest BCUT2D eigenvalue weighted by Crippen LogP contribution is -1.94. The van der Waals surface area contributed by atoms with Gasteiger partial charge in [0.05, 0.1) is 6.20 Å². The summed E-state index contributed by atoms with van der Waals surface area (Å²) < 4.78 is 1.81. The Labute approximate surface area is 83.4 Å². The standard InChI is InChI=1S/C11H14N2O/c1-8-10(7-12-13(8)2)5-6-11(14)9-3-4-9/h5-7,9H,3-4H2,1-2H3. The van der Waals surface area contributed by atoms with Gasteiger partial charge in [0, 0.05) is 24.2 Å². The molecule has 3 nitrogen and oxygen atoms in total. The minimum Gasteiger partial charge on any atom is -0.295 e. The van der Waals surface area contributed by atoms with Gasteiger partial charge in [0.2, 0.25) is 0 Å². The van der Waals surface area contributed by atoms with Gasteiger partial charge in [-0.15, -0.1) is 0 Å². The molecule has 1 heterocycles. The average Bonchev–Trinajstić information content (AvgIpc) is 2.95. The zero-order chi connectivity index (χ0) is 10.1. The number of ketones is 1. The predicted molar refractivity (Wildman–Crippen MR) is 54.7 cm³/mol. The van der Waals surface area contributed by atoms with Crippen molar-refractivity contribution in [2.75, 3.05) is 0 Å². The smallest absolute Gasteiger partial charge is 0.158 e. The molecule has 1 aliphatic rings. The first-order chi connectivity index (χ1) is 6.68. The first-order valence-electron chi connectivity index (χ1n) is 4.89. The monoisotopic (exact) mass is 190 g/mol. The van der Waals surface area contributed by atoms with Crippen LogP contribution in [0.1, 0.15) is 24.1 Å². The van der Waals surface area contributed by atoms with E-state index < -0.39 is 0 Å². The number of nitrogens with zero attached hydrogens (tertiary/aromatic N) is 2. The van der Waals surface area contributed by atoms with E-state index in [0.29, 0.717) is 5.92 Å². The predicted octanol–water partition coefficient (Wildman–Crippen LogP) is 1.72. The molecule has 0 aromatic carbocycles. The van der Waals surface area contributed by atoms with Crippen LogP contribution in [0.5, 0.6) is 0 Å². The molecule has 0 saturated heterocycles. The lowest BCUT2D eigenvalue weighted by Gasteiger charge is -1.93. The van der Waals surface area contributed by atoms with Crippen LogP contribution in [-0.2, 0) is 11.8 Å². The molecule has 1 aliphatic carbocycles. The van der Waals surface area contributed by atoms with Gasteiger partial charge in [0.25, 0.3) is 0 Å². The number of carbonyl (C=O) groups is 1. The van der Waals surface area contributed by atoms with E-state index in [2.05, 4.69) is 5.10 Å². The van der Waals surface area contributed by atoms with E-state index in [4.69, 9.17) is 0 Å². The molecule has 0 amide bonds. The number of hydrogen-bond donors (Lipinski definition) is 0. The maximum absolute atomic E-state index is 11.4. The van der Waals surface area contributed by atoms with Crippen LogP contribution in [0.2, 0.25) is 0 Å². The van der Waals surface area contributed by atoms with Gasteiger partial charge in [0.15, 0.2) is 5.78 Å². The van der Waals surface area contributed by atoms with E-state index in [1.54, 1.807) is 17.0 Å². The van der Waals surface area contributed by atoms with Gasteiger partial charge in [-0.1, -0.05) is 0 Å². The summed E-state index contributed by atoms with van der Waals surface area (Å²) in [6, 6.07) is 0. The topological polar surface area (TPSA) is 34.9 Å². The van der Waals surface area contributed by atoms with E-state index in [1.807, 2.05) is 20.0 Å². The Balaban J connectivity index is 2.09. The van der Waals surface area contributed by atoms with E-state index in [9.17, 15) is 4.79 Å². The third-order valence-corrected chi connectivity index (χ3v) is 2.68. The van der Waals surface area contributed by atoms with E-state index in [0.717, 1.165) is 24.1 Å². The summed E-state index contributed by atoms with van der Waals surface area (Å²) in [6.45, 7) is 1.99. The Morgan fingerprint density at radius 2 is 2.36 bits per heavy atom. The number of allylic oxidation sites excluding steroid dienone is 1. The van der Waals surface area contributed by atoms with Crippen molar-refractivity contribution in [2.24, 2.45) is 13.0 Å². The van der Waals surface area contributed by atoms with E-state index in [-0.39, 0.29) is 5.78 Å². The fourth-order valence-corrected chi connectivity index (χ4v) is 1.36. The number of carbonyl (C=O) groups excluding carboxylic acids is 1. The molecule has 0 radical (unpaired) electrons. The van der Waals surface area contributed by atoms with E-state index >= 15 is 0 Å². The second-order valence-corrected chi connectivity index (χ2v) is 3.82. The second-order valence-electron chi connectivity index (χ2n) is 3.82. The molecule has 1 aromatic rings. The Morgan fingerprint density at radius 3 is 2.86 bits per heavy atom. The molecule has 1 aromatic heterocycles. The fraction of sp³-hybridized carbons (Fsp3) is 0.455. The van der Waals surface area contributed by atoms with Crippen LogP contribution < -0.4 is 0 Å². The van der Waals surface area contributed by atoms with Gasteiger partial charge in [-0.25, -0.2) is 0 Å². The largest absolute Gasteiger partial charge is 0.295 e. The van der Waals surface area contributed by atoms with E-state index in [1.165, 1.54) is 0 Å². The zero-order valence-corrected chi connectivity index (χ0v) is 8.53. The Bertz CT molecular complexity index is 386. The summed E-state index contributed by atoms with van der Waals surface area (Å²) in [4.78, 5) is 11.4. The van der Waals surface area contributed by atoms with Crippen molar-refractivity contribution in [3.63, 3.8) is 0 Å². The molecule has 0 spiro atoms. The SMILES string of the molecule is Cc1c(C=CC(=O)C2CC2)cnn1C. The highest BCUT2D eigenvalue weighted by atomic mass is 16.1. The molecule has 0 N–H and O–H groups in total. The maximum Gasteiger partial charge on any atom is 0.158 e. The van der Waals surface area contributed by atoms with Crippen LogP contribution in [0, 0.1) is 12.8 Å². The van der Waals surface area contributed by atoms with Gasteiger partial charge in [-0.2, -0.15) is 5.10 Å². The van der Waals surface area contributed by atoms with Crippen molar-refractivity contribution in [1.82, 2.24) is 9.78 Å². The highest BCUT2D eigenvalue weighted by molar-refractivity contribution is 5.96. The molecule has 1 fully saturated rings. The average molecular weight is 190 g/mol. The summed E-state index contributed by atoms with van der Waals surface area (Å²) in [6.07, 6.45) is 7.46. The quantitative estimate of drug-likeness (QED) is 0.680. The van der Waals surface area contributed by atoms with Crippen LogP contribution in [0.15, 0.2) is 12.3 Å². The van der Waals surface area contributed by atoms with Crippen LogP contribution in [0.3, 0.4) is 0 Å². The van der Waals surface area contributed by atoms with Gasteiger partial charge in [-0.3, -0.25) is 9.48 Å². The summed E-state index contributed by atoms with van der Waals surface area (Å²) in [5.41, 5.74) is 2.12. The normalized spacial score (nSPS) is 16.4. The molecule has 0 unspecified atom stereocenters. The van der Waals surface area contributed by atoms with Crippen LogP contribution in [0.25, 0.3) is 6.08 Å². The summed E-state index contributed by atoms with van der Waals surface area (Å²) in [7, 11) is 1.90. The molecule has 0 bridgehead atoms. The molecule has 2 rings (SSSR count). The first-order valence-corrected chi connectivity index (χ1v) is 4.89. The summed E-state index contributed by atoms with van der Waals surface area (Å²) in [5, 5.41) is 4.11. The number of aromatic nitrogens is 2. The summed E-state index contributed by atoms with van der Waals surface area (Å²) >= 11 is 0. The molecule has 3 heteroatoms. The van der Waals surface area contributed by atoms with Crippen molar-refractivity contribution in [3.8, 4) is 0 Å². The lowest BCUT2D eigenvalue weighted by molar-refractivity contribution is -0.115. The molecule has 74 valence electrons. The van der Waals surface area contributed by atoms with Crippen molar-refractivity contribution in [2.45, 2.75) is 19.8 Å². The lowest BCUT2D eigenvalue weighted by atomic mass is 10.2. The van der Waals surface area contributed by atoms with Crippen LogP contribution in [0.4, 0.5) is 0 Å². The van der Waals surface area contributed by atoms with Crippen molar-refractivity contribution in [3.05, 3.63) is 23.5 Å². The van der Waals surface area contributed by atoms with Gasteiger partial charge in [0.1, 0.15) is 0 Å². The fourth-order valence-electron chi connectivity index (χ4n) is 1.36. The second kappa shape index (κ2) is 3.40. The minimum atomic E-state index is 0.258. The number of aryl methyl sites for hydroxylation is 1. The molecule has 0 atom stereocenters. The van der Waals surface area contributed by atoms with Crippen molar-refractivity contribution in [1.29, 1.82) is 0 Å². The minimum absolute atomic E-state index is 0.258. The van der Waals surface area contributed by atoms with Crippen LogP contribution in [-0.4, -0.2) is 15.6 Å². The Hall–Kier alpha value is -1.38. The molecular formula is C11H14N2O. The Morgan fingerprint density at radius 1 is 1.64 bits per heavy atom. The number of hydrogen-bond acceptors (Lipinski definition) is 2. The molecular weight excluding hydrogens is 176 g/mol. The highest BCUT2D eigenvalue weighted by Gasteiger charge is 2.27. The maximum atomic E-state index is 11.4. The highest BCUT2D eigenvalue weighted by Crippen LogP contribution is 2.30. The van der Waals surface area contributed by atoms with Gasteiger partial charge < -0.3 is 0 Å².